The van der Waals surface area contributed by atoms with E-state index in [1.54, 1.807) is 0 Å². The van der Waals surface area contributed by atoms with E-state index in [9.17, 15) is 9.90 Å². The van der Waals surface area contributed by atoms with Gasteiger partial charge < -0.3 is 15.3 Å². The molecule has 4 nitrogen and oxygen atoms in total. The van der Waals surface area contributed by atoms with Gasteiger partial charge in [-0.2, -0.15) is 0 Å². The summed E-state index contributed by atoms with van der Waals surface area (Å²) in [5.41, 5.74) is 0. The molecule has 0 aromatic carbocycles. The molecular formula is C13H24N2O2. The van der Waals surface area contributed by atoms with Crippen LogP contribution in [0.2, 0.25) is 0 Å². The highest BCUT2D eigenvalue weighted by Gasteiger charge is 2.32. The van der Waals surface area contributed by atoms with E-state index in [4.69, 9.17) is 0 Å². The predicted molar refractivity (Wildman–Crippen MR) is 66.6 cm³/mol. The van der Waals surface area contributed by atoms with Crippen molar-refractivity contribution in [2.24, 2.45) is 11.8 Å². The number of likely N-dealkylation sites (tertiary alicyclic amines) is 1. The van der Waals surface area contributed by atoms with Crippen molar-refractivity contribution in [2.45, 2.75) is 38.7 Å². The zero-order valence-electron chi connectivity index (χ0n) is 10.7. The lowest BCUT2D eigenvalue weighted by molar-refractivity contribution is -0.140. The van der Waals surface area contributed by atoms with E-state index < -0.39 is 0 Å². The third-order valence-corrected chi connectivity index (χ3v) is 4.22. The van der Waals surface area contributed by atoms with E-state index in [1.165, 1.54) is 0 Å². The van der Waals surface area contributed by atoms with Gasteiger partial charge in [0.15, 0.2) is 0 Å². The van der Waals surface area contributed by atoms with E-state index in [0.29, 0.717) is 5.91 Å². The van der Waals surface area contributed by atoms with Crippen molar-refractivity contribution in [3.8, 4) is 0 Å². The molecule has 2 aliphatic rings. The number of carbonyl (C=O) groups is 1. The Balaban J connectivity index is 1.90. The molecule has 0 aliphatic carbocycles. The van der Waals surface area contributed by atoms with Crippen LogP contribution in [-0.2, 0) is 4.79 Å². The molecule has 2 aliphatic heterocycles. The van der Waals surface area contributed by atoms with Crippen molar-refractivity contribution < 1.29 is 9.90 Å². The number of carbonyl (C=O) groups excluding carboxylic acids is 1. The third-order valence-electron chi connectivity index (χ3n) is 4.22. The molecule has 2 fully saturated rings. The van der Waals surface area contributed by atoms with Crippen LogP contribution in [0.5, 0.6) is 0 Å². The molecule has 4 heteroatoms. The first kappa shape index (κ1) is 12.8. The molecule has 98 valence electrons. The molecule has 0 saturated carbocycles. The van der Waals surface area contributed by atoms with Gasteiger partial charge in [-0.3, -0.25) is 4.79 Å². The summed E-state index contributed by atoms with van der Waals surface area (Å²) in [5, 5.41) is 13.1. The Labute approximate surface area is 103 Å². The standard InChI is InChI=1S/C13H24N2O2/c1-2-10-9-15(8-5-12(10)16)13(17)11-3-6-14-7-4-11/h10-12,14,16H,2-9H2,1H3. The lowest BCUT2D eigenvalue weighted by atomic mass is 9.90. The number of aliphatic hydroxyl groups is 1. The summed E-state index contributed by atoms with van der Waals surface area (Å²) in [6, 6.07) is 0. The van der Waals surface area contributed by atoms with Crippen LogP contribution in [0.15, 0.2) is 0 Å². The fourth-order valence-corrected chi connectivity index (χ4v) is 2.95. The Morgan fingerprint density at radius 2 is 2.06 bits per heavy atom. The molecule has 0 aromatic heterocycles. The first-order valence-corrected chi connectivity index (χ1v) is 6.90. The van der Waals surface area contributed by atoms with Crippen LogP contribution in [0.3, 0.4) is 0 Å². The maximum absolute atomic E-state index is 12.3. The summed E-state index contributed by atoms with van der Waals surface area (Å²) in [4.78, 5) is 14.3. The van der Waals surface area contributed by atoms with Crippen LogP contribution in [0.4, 0.5) is 0 Å². The monoisotopic (exact) mass is 240 g/mol. The van der Waals surface area contributed by atoms with Crippen molar-refractivity contribution in [1.29, 1.82) is 0 Å². The van der Waals surface area contributed by atoms with E-state index in [1.807, 2.05) is 4.90 Å². The Hall–Kier alpha value is -0.610. The molecule has 0 aromatic rings. The van der Waals surface area contributed by atoms with Gasteiger partial charge >= 0.3 is 0 Å². The SMILES string of the molecule is CCC1CN(C(=O)C2CCNCC2)CCC1O. The number of amides is 1. The number of aliphatic hydroxyl groups excluding tert-OH is 1. The highest BCUT2D eigenvalue weighted by molar-refractivity contribution is 5.79. The number of hydrogen-bond donors (Lipinski definition) is 2. The van der Waals surface area contributed by atoms with Crippen LogP contribution in [0, 0.1) is 11.8 Å². The summed E-state index contributed by atoms with van der Waals surface area (Å²) < 4.78 is 0. The van der Waals surface area contributed by atoms with Crippen LogP contribution < -0.4 is 5.32 Å². The Morgan fingerprint density at radius 1 is 1.35 bits per heavy atom. The van der Waals surface area contributed by atoms with E-state index in [2.05, 4.69) is 12.2 Å². The average Bonchev–Trinajstić information content (AvgIpc) is 2.39. The van der Waals surface area contributed by atoms with Crippen molar-refractivity contribution in [3.05, 3.63) is 0 Å². The average molecular weight is 240 g/mol. The first-order chi connectivity index (χ1) is 8.22. The van der Waals surface area contributed by atoms with Gasteiger partial charge in [-0.15, -0.1) is 0 Å². The summed E-state index contributed by atoms with van der Waals surface area (Å²) in [7, 11) is 0. The molecular weight excluding hydrogens is 216 g/mol. The van der Waals surface area contributed by atoms with Gasteiger partial charge in [0, 0.05) is 24.9 Å². The van der Waals surface area contributed by atoms with Gasteiger partial charge in [0.1, 0.15) is 0 Å². The highest BCUT2D eigenvalue weighted by Crippen LogP contribution is 2.23. The molecule has 1 amide bonds. The molecule has 2 N–H and O–H groups in total. The zero-order chi connectivity index (χ0) is 12.3. The minimum Gasteiger partial charge on any atom is -0.393 e. The molecule has 17 heavy (non-hydrogen) atoms. The number of nitrogens with zero attached hydrogens (tertiary/aromatic N) is 1. The zero-order valence-corrected chi connectivity index (χ0v) is 10.7. The second kappa shape index (κ2) is 5.83. The fraction of sp³-hybridized carbons (Fsp3) is 0.923. The second-order valence-corrected chi connectivity index (χ2v) is 5.33. The van der Waals surface area contributed by atoms with Gasteiger partial charge in [0.2, 0.25) is 5.91 Å². The topological polar surface area (TPSA) is 52.6 Å². The largest absolute Gasteiger partial charge is 0.393 e. The maximum atomic E-state index is 12.3. The second-order valence-electron chi connectivity index (χ2n) is 5.33. The minimum absolute atomic E-state index is 0.211. The number of piperidine rings is 2. The lowest BCUT2D eigenvalue weighted by Crippen LogP contribution is -2.49. The summed E-state index contributed by atoms with van der Waals surface area (Å²) >= 11 is 0. The van der Waals surface area contributed by atoms with Crippen molar-refractivity contribution in [2.75, 3.05) is 26.2 Å². The quantitative estimate of drug-likeness (QED) is 0.743. The Kier molecular flexibility index (Phi) is 4.40. The Morgan fingerprint density at radius 3 is 2.71 bits per heavy atom. The van der Waals surface area contributed by atoms with E-state index >= 15 is 0 Å². The molecule has 2 saturated heterocycles. The molecule has 2 atom stereocenters. The summed E-state index contributed by atoms with van der Waals surface area (Å²) in [6.07, 6.45) is 3.42. The van der Waals surface area contributed by atoms with Gasteiger partial charge in [0.05, 0.1) is 6.10 Å². The number of hydrogen-bond acceptors (Lipinski definition) is 3. The first-order valence-electron chi connectivity index (χ1n) is 6.90. The normalized spacial score (nSPS) is 31.5. The number of nitrogens with one attached hydrogen (secondary N) is 1. The highest BCUT2D eigenvalue weighted by atomic mass is 16.3. The summed E-state index contributed by atoms with van der Waals surface area (Å²) in [6.45, 7) is 5.50. The smallest absolute Gasteiger partial charge is 0.225 e. The van der Waals surface area contributed by atoms with Gasteiger partial charge in [0.25, 0.3) is 0 Å². The third kappa shape index (κ3) is 2.99. The van der Waals surface area contributed by atoms with Gasteiger partial charge in [-0.25, -0.2) is 0 Å². The van der Waals surface area contributed by atoms with Crippen molar-refractivity contribution in [1.82, 2.24) is 10.2 Å². The predicted octanol–water partition coefficient (Wildman–Crippen LogP) is 0.605. The Bertz CT molecular complexity index is 264. The molecule has 2 heterocycles. The van der Waals surface area contributed by atoms with Gasteiger partial charge in [-0.1, -0.05) is 6.92 Å². The van der Waals surface area contributed by atoms with Crippen molar-refractivity contribution in [3.63, 3.8) is 0 Å². The maximum Gasteiger partial charge on any atom is 0.225 e. The van der Waals surface area contributed by atoms with Crippen LogP contribution in [0.25, 0.3) is 0 Å². The summed E-state index contributed by atoms with van der Waals surface area (Å²) in [5.74, 6) is 0.801. The van der Waals surface area contributed by atoms with E-state index in [0.717, 1.165) is 51.9 Å². The fourth-order valence-electron chi connectivity index (χ4n) is 2.95. The van der Waals surface area contributed by atoms with Crippen LogP contribution in [0.1, 0.15) is 32.6 Å². The van der Waals surface area contributed by atoms with Crippen LogP contribution in [-0.4, -0.2) is 48.2 Å². The number of rotatable bonds is 2. The molecule has 0 spiro atoms. The lowest BCUT2D eigenvalue weighted by Gasteiger charge is -2.38. The molecule has 2 unspecified atom stereocenters. The van der Waals surface area contributed by atoms with E-state index in [-0.39, 0.29) is 17.9 Å². The molecule has 0 bridgehead atoms. The molecule has 0 radical (unpaired) electrons. The molecule has 2 rings (SSSR count). The van der Waals surface area contributed by atoms with Gasteiger partial charge in [-0.05, 0) is 38.8 Å². The minimum atomic E-state index is -0.211. The van der Waals surface area contributed by atoms with Crippen molar-refractivity contribution >= 4 is 5.91 Å². The van der Waals surface area contributed by atoms with Crippen LogP contribution >= 0.6 is 0 Å².